The Morgan fingerprint density at radius 3 is 2.89 bits per heavy atom. The van der Waals surface area contributed by atoms with E-state index in [9.17, 15) is 4.79 Å². The zero-order valence-corrected chi connectivity index (χ0v) is 13.0. The molecule has 2 aliphatic carbocycles. The monoisotopic (exact) mass is 260 g/mol. The quantitative estimate of drug-likeness (QED) is 0.645. The first-order chi connectivity index (χ1) is 8.93. The van der Waals surface area contributed by atoms with Gasteiger partial charge in [0.15, 0.2) is 5.78 Å². The molecule has 1 heteroatoms. The fourth-order valence-electron chi connectivity index (χ4n) is 4.13. The summed E-state index contributed by atoms with van der Waals surface area (Å²) in [7, 11) is 0. The first-order valence-electron chi connectivity index (χ1n) is 7.80. The molecule has 0 N–H and O–H groups in total. The molecule has 0 unspecified atom stereocenters. The van der Waals surface area contributed by atoms with Crippen LogP contribution in [0, 0.1) is 17.3 Å². The van der Waals surface area contributed by atoms with Crippen LogP contribution in [-0.2, 0) is 4.79 Å². The summed E-state index contributed by atoms with van der Waals surface area (Å²) in [6, 6.07) is 0. The molecule has 2 aliphatic rings. The SMILES string of the molecule is CC(C)=CCC[C@@H](C)[C@H]1CCC2=CC(=O)CC[C@@]21C. The molecule has 0 heterocycles. The molecule has 1 saturated carbocycles. The molecule has 106 valence electrons. The molecule has 0 bridgehead atoms. The Morgan fingerprint density at radius 1 is 1.47 bits per heavy atom. The van der Waals surface area contributed by atoms with Gasteiger partial charge in [-0.3, -0.25) is 4.79 Å². The molecule has 1 nitrogen and oxygen atoms in total. The number of carbonyl (C=O) groups excluding carboxylic acids is 1. The second-order valence-corrected chi connectivity index (χ2v) is 7.03. The van der Waals surface area contributed by atoms with Crippen LogP contribution in [0.2, 0.25) is 0 Å². The van der Waals surface area contributed by atoms with Crippen molar-refractivity contribution in [3.63, 3.8) is 0 Å². The summed E-state index contributed by atoms with van der Waals surface area (Å²) in [5.74, 6) is 1.89. The maximum absolute atomic E-state index is 11.6. The highest BCUT2D eigenvalue weighted by Gasteiger charge is 2.46. The van der Waals surface area contributed by atoms with Crippen LogP contribution >= 0.6 is 0 Å². The Balaban J connectivity index is 2.04. The molecule has 0 spiro atoms. The summed E-state index contributed by atoms with van der Waals surface area (Å²) in [5.41, 5.74) is 3.19. The van der Waals surface area contributed by atoms with Crippen LogP contribution < -0.4 is 0 Å². The Labute approximate surface area is 118 Å². The van der Waals surface area contributed by atoms with E-state index >= 15 is 0 Å². The van der Waals surface area contributed by atoms with Gasteiger partial charge in [0.25, 0.3) is 0 Å². The van der Waals surface area contributed by atoms with Crippen molar-refractivity contribution in [2.45, 2.75) is 66.2 Å². The average Bonchev–Trinajstić information content (AvgIpc) is 2.66. The lowest BCUT2D eigenvalue weighted by Gasteiger charge is -2.38. The number of allylic oxidation sites excluding steroid dienone is 4. The second-order valence-electron chi connectivity index (χ2n) is 7.03. The summed E-state index contributed by atoms with van der Waals surface area (Å²) in [5, 5.41) is 0. The van der Waals surface area contributed by atoms with E-state index in [-0.39, 0.29) is 0 Å². The minimum atomic E-state index is 0.318. The van der Waals surface area contributed by atoms with Crippen LogP contribution in [0.25, 0.3) is 0 Å². The van der Waals surface area contributed by atoms with Crippen LogP contribution in [0.15, 0.2) is 23.3 Å². The van der Waals surface area contributed by atoms with Gasteiger partial charge in [-0.1, -0.05) is 31.1 Å². The molecule has 3 atom stereocenters. The lowest BCUT2D eigenvalue weighted by Crippen LogP contribution is -2.31. The molecule has 0 aromatic carbocycles. The number of carbonyl (C=O) groups is 1. The fraction of sp³-hybridized carbons (Fsp3) is 0.722. The van der Waals surface area contributed by atoms with Crippen molar-refractivity contribution in [3.05, 3.63) is 23.3 Å². The molecule has 0 radical (unpaired) electrons. The van der Waals surface area contributed by atoms with E-state index in [1.54, 1.807) is 0 Å². The molecule has 2 rings (SSSR count). The summed E-state index contributed by atoms with van der Waals surface area (Å²) in [6.07, 6.45) is 11.1. The third kappa shape index (κ3) is 3.01. The topological polar surface area (TPSA) is 17.1 Å². The second kappa shape index (κ2) is 5.64. The summed E-state index contributed by atoms with van der Waals surface area (Å²) < 4.78 is 0. The van der Waals surface area contributed by atoms with Gasteiger partial charge in [-0.05, 0) is 69.3 Å². The molecule has 0 aromatic heterocycles. The van der Waals surface area contributed by atoms with Gasteiger partial charge in [0, 0.05) is 6.42 Å². The van der Waals surface area contributed by atoms with Crippen LogP contribution in [0.3, 0.4) is 0 Å². The van der Waals surface area contributed by atoms with Gasteiger partial charge in [-0.2, -0.15) is 0 Å². The van der Waals surface area contributed by atoms with Gasteiger partial charge in [-0.15, -0.1) is 0 Å². The van der Waals surface area contributed by atoms with E-state index in [0.717, 1.165) is 31.1 Å². The highest BCUT2D eigenvalue weighted by molar-refractivity contribution is 5.91. The molecular weight excluding hydrogens is 232 g/mol. The van der Waals surface area contributed by atoms with Crippen molar-refractivity contribution in [1.82, 2.24) is 0 Å². The van der Waals surface area contributed by atoms with Crippen LogP contribution in [0.4, 0.5) is 0 Å². The third-order valence-corrected chi connectivity index (χ3v) is 5.36. The van der Waals surface area contributed by atoms with Crippen molar-refractivity contribution in [2.24, 2.45) is 17.3 Å². The molecule has 0 aliphatic heterocycles. The summed E-state index contributed by atoms with van der Waals surface area (Å²) >= 11 is 0. The lowest BCUT2D eigenvalue weighted by atomic mass is 9.66. The minimum absolute atomic E-state index is 0.318. The first kappa shape index (κ1) is 14.6. The number of rotatable bonds is 4. The molecule has 0 aromatic rings. The smallest absolute Gasteiger partial charge is 0.155 e. The van der Waals surface area contributed by atoms with Gasteiger partial charge in [-0.25, -0.2) is 0 Å². The Morgan fingerprint density at radius 2 is 2.21 bits per heavy atom. The summed E-state index contributed by atoms with van der Waals surface area (Å²) in [4.78, 5) is 11.6. The lowest BCUT2D eigenvalue weighted by molar-refractivity contribution is -0.115. The minimum Gasteiger partial charge on any atom is -0.295 e. The highest BCUT2D eigenvalue weighted by atomic mass is 16.1. The highest BCUT2D eigenvalue weighted by Crippen LogP contribution is 2.55. The number of ketones is 1. The fourth-order valence-corrected chi connectivity index (χ4v) is 4.13. The van der Waals surface area contributed by atoms with Crippen LogP contribution in [0.5, 0.6) is 0 Å². The standard InChI is InChI=1S/C18H28O/c1-13(2)6-5-7-14(3)17-9-8-15-12-16(19)10-11-18(15,17)4/h6,12,14,17H,5,7-11H2,1-4H3/t14-,17-,18+/m1/s1. The predicted octanol–water partition coefficient (Wildman–Crippen LogP) is 5.07. The molecule has 19 heavy (non-hydrogen) atoms. The number of fused-ring (bicyclic) bond motifs is 1. The predicted molar refractivity (Wildman–Crippen MR) is 81.0 cm³/mol. The Kier molecular flexibility index (Phi) is 4.32. The zero-order valence-electron chi connectivity index (χ0n) is 13.0. The van der Waals surface area contributed by atoms with Gasteiger partial charge in [0.2, 0.25) is 0 Å². The molecule has 0 saturated heterocycles. The number of hydrogen-bond acceptors (Lipinski definition) is 1. The Bertz CT molecular complexity index is 411. The zero-order chi connectivity index (χ0) is 14.0. The van der Waals surface area contributed by atoms with Crippen LogP contribution in [-0.4, -0.2) is 5.78 Å². The first-order valence-corrected chi connectivity index (χ1v) is 7.80. The van der Waals surface area contributed by atoms with Crippen molar-refractivity contribution in [2.75, 3.05) is 0 Å². The number of hydrogen-bond donors (Lipinski definition) is 0. The maximum Gasteiger partial charge on any atom is 0.155 e. The van der Waals surface area contributed by atoms with Crippen LogP contribution in [0.1, 0.15) is 66.2 Å². The van der Waals surface area contributed by atoms with E-state index in [1.165, 1.54) is 30.4 Å². The van der Waals surface area contributed by atoms with Gasteiger partial charge in [0.1, 0.15) is 0 Å². The van der Waals surface area contributed by atoms with E-state index in [2.05, 4.69) is 33.8 Å². The van der Waals surface area contributed by atoms with E-state index in [4.69, 9.17) is 0 Å². The van der Waals surface area contributed by atoms with E-state index in [0.29, 0.717) is 11.2 Å². The average molecular weight is 260 g/mol. The summed E-state index contributed by atoms with van der Waals surface area (Å²) in [6.45, 7) is 9.17. The van der Waals surface area contributed by atoms with Gasteiger partial charge < -0.3 is 0 Å². The van der Waals surface area contributed by atoms with Gasteiger partial charge >= 0.3 is 0 Å². The van der Waals surface area contributed by atoms with Crippen molar-refractivity contribution >= 4 is 5.78 Å². The van der Waals surface area contributed by atoms with Gasteiger partial charge in [0.05, 0.1) is 0 Å². The maximum atomic E-state index is 11.6. The van der Waals surface area contributed by atoms with E-state index in [1.807, 2.05) is 6.08 Å². The van der Waals surface area contributed by atoms with Crippen molar-refractivity contribution in [1.29, 1.82) is 0 Å². The third-order valence-electron chi connectivity index (χ3n) is 5.36. The normalized spacial score (nSPS) is 31.7. The largest absolute Gasteiger partial charge is 0.295 e. The van der Waals surface area contributed by atoms with E-state index < -0.39 is 0 Å². The molecular formula is C18H28O. The van der Waals surface area contributed by atoms with Crippen molar-refractivity contribution in [3.8, 4) is 0 Å². The molecule has 0 amide bonds. The van der Waals surface area contributed by atoms with Crippen molar-refractivity contribution < 1.29 is 4.79 Å². The molecule has 1 fully saturated rings. The Hall–Kier alpha value is -0.850.